The molecule has 288 valence electrons. The van der Waals surface area contributed by atoms with Crippen LogP contribution in [0.4, 0.5) is 5.69 Å². The Balaban J connectivity index is 1.09. The molecule has 11 rings (SSSR count). The van der Waals surface area contributed by atoms with Crippen molar-refractivity contribution in [1.29, 1.82) is 0 Å². The van der Waals surface area contributed by atoms with E-state index in [9.17, 15) is 0 Å². The van der Waals surface area contributed by atoms with E-state index in [0.29, 0.717) is 5.82 Å². The zero-order chi connectivity index (χ0) is 39.6. The first-order chi connectivity index (χ1) is 29.1. The number of hydrogen-bond acceptors (Lipinski definition) is 5. The monoisotopic (exact) mass is 783 g/mol. The Labute approximate surface area is 350 Å². The Morgan fingerprint density at radius 2 is 1.27 bits per heavy atom. The van der Waals surface area contributed by atoms with Crippen LogP contribution in [0.3, 0.4) is 0 Å². The summed E-state index contributed by atoms with van der Waals surface area (Å²) in [5, 5.41) is 3.43. The Morgan fingerprint density at radius 3 is 2.02 bits per heavy atom. The minimum atomic E-state index is -0.884. The van der Waals surface area contributed by atoms with E-state index in [1.165, 1.54) is 38.9 Å². The van der Waals surface area contributed by atoms with Gasteiger partial charge in [-0.2, -0.15) is 11.8 Å². The van der Waals surface area contributed by atoms with Gasteiger partial charge >= 0.3 is 0 Å². The van der Waals surface area contributed by atoms with Crippen molar-refractivity contribution in [3.63, 3.8) is 0 Å². The van der Waals surface area contributed by atoms with Gasteiger partial charge < -0.3 is 9.64 Å². The van der Waals surface area contributed by atoms with E-state index in [0.717, 1.165) is 87.4 Å². The second kappa shape index (κ2) is 14.3. The number of para-hydroxylation sites is 1. The highest BCUT2D eigenvalue weighted by atomic mass is 32.2. The lowest BCUT2D eigenvalue weighted by Crippen LogP contribution is -2.36. The lowest BCUT2D eigenvalue weighted by molar-refractivity contribution is 0.163. The molecule has 1 aliphatic carbocycles. The summed E-state index contributed by atoms with van der Waals surface area (Å²) >= 11 is 2.04. The molecule has 1 unspecified atom stereocenters. The summed E-state index contributed by atoms with van der Waals surface area (Å²) < 4.78 is 7.74. The van der Waals surface area contributed by atoms with Crippen LogP contribution in [0.1, 0.15) is 54.5 Å². The minimum absolute atomic E-state index is 0.109. The first-order valence-electron chi connectivity index (χ1n) is 21.1. The molecule has 59 heavy (non-hydrogen) atoms. The molecule has 0 amide bonds. The summed E-state index contributed by atoms with van der Waals surface area (Å²) in [5.74, 6) is 3.97. The lowest BCUT2D eigenvalue weighted by atomic mass is 9.71. The number of hydrogen-bond donors (Lipinski definition) is 0. The topological polar surface area (TPSA) is 38.3 Å². The molecule has 5 heteroatoms. The van der Waals surface area contributed by atoms with Gasteiger partial charge in [0.05, 0.1) is 11.2 Å². The molecule has 4 nitrogen and oxygen atoms in total. The van der Waals surface area contributed by atoms with Gasteiger partial charge in [0.15, 0.2) is 11.4 Å². The maximum atomic E-state index is 7.74. The van der Waals surface area contributed by atoms with Crippen LogP contribution in [0, 0.1) is 0 Å². The second-order valence-corrected chi connectivity index (χ2v) is 17.3. The molecule has 1 fully saturated rings. The van der Waals surface area contributed by atoms with Crippen molar-refractivity contribution >= 4 is 45.2 Å². The molecule has 0 bridgehead atoms. The summed E-state index contributed by atoms with van der Waals surface area (Å²) in [6.45, 7) is 6.83. The quantitative estimate of drug-likeness (QED) is 0.161. The Bertz CT molecular complexity index is 2910. The molecular formula is C54H45N3OS. The largest absolute Gasteiger partial charge is 0.472 e. The van der Waals surface area contributed by atoms with E-state index in [1.807, 2.05) is 23.9 Å². The van der Waals surface area contributed by atoms with Crippen LogP contribution in [0.2, 0.25) is 0 Å². The predicted octanol–water partition coefficient (Wildman–Crippen LogP) is 13.1. The Hall–Kier alpha value is -6.17. The van der Waals surface area contributed by atoms with Crippen LogP contribution in [0.5, 0.6) is 5.75 Å². The molecule has 1 atom stereocenters. The number of thioether (sulfide) groups is 1. The summed E-state index contributed by atoms with van der Waals surface area (Å²) in [4.78, 5) is 12.8. The van der Waals surface area contributed by atoms with Crippen LogP contribution in [-0.4, -0.2) is 34.6 Å². The minimum Gasteiger partial charge on any atom is -0.472 e. The van der Waals surface area contributed by atoms with E-state index in [2.05, 4.69) is 170 Å². The molecule has 3 aliphatic rings. The highest BCUT2D eigenvalue weighted by Gasteiger charge is 2.46. The van der Waals surface area contributed by atoms with Gasteiger partial charge in [0, 0.05) is 74.3 Å². The fourth-order valence-corrected chi connectivity index (χ4v) is 11.1. The van der Waals surface area contributed by atoms with E-state index < -0.39 is 5.60 Å². The average molecular weight is 784 g/mol. The van der Waals surface area contributed by atoms with Crippen LogP contribution < -0.4 is 9.64 Å². The van der Waals surface area contributed by atoms with Crippen molar-refractivity contribution in [3.05, 3.63) is 186 Å². The lowest BCUT2D eigenvalue weighted by Gasteiger charge is -2.39. The van der Waals surface area contributed by atoms with Gasteiger partial charge in [-0.1, -0.05) is 153 Å². The molecule has 1 saturated heterocycles. The van der Waals surface area contributed by atoms with Gasteiger partial charge in [0.1, 0.15) is 5.75 Å². The average Bonchev–Trinajstić information content (AvgIpc) is 3.62. The molecular weight excluding hydrogens is 739 g/mol. The second-order valence-electron chi connectivity index (χ2n) is 16.0. The zero-order valence-electron chi connectivity index (χ0n) is 33.5. The molecule has 0 radical (unpaired) electrons. The van der Waals surface area contributed by atoms with E-state index >= 15 is 0 Å². The van der Waals surface area contributed by atoms with E-state index in [-0.39, 0.29) is 5.41 Å². The third-order valence-corrected chi connectivity index (χ3v) is 14.2. The van der Waals surface area contributed by atoms with Crippen LogP contribution in [0.15, 0.2) is 158 Å². The molecule has 0 spiro atoms. The SMILES string of the molecule is CCC1(CC)c2ccccc2-c2c1c1c(c3ccccc23)OC(c2ccc(-c3nc(-c4ccccc4)c4ccccc4n3)cc2)(c2ccc(N3CCSCC3)cc2)C=C1. The van der Waals surface area contributed by atoms with Crippen molar-refractivity contribution in [1.82, 2.24) is 9.97 Å². The molecule has 0 saturated carbocycles. The van der Waals surface area contributed by atoms with Crippen LogP contribution >= 0.6 is 11.8 Å². The summed E-state index contributed by atoms with van der Waals surface area (Å²) in [7, 11) is 0. The zero-order valence-corrected chi connectivity index (χ0v) is 34.3. The van der Waals surface area contributed by atoms with Crippen molar-refractivity contribution in [2.75, 3.05) is 29.5 Å². The molecule has 3 heterocycles. The number of benzene rings is 7. The maximum absolute atomic E-state index is 7.74. The van der Waals surface area contributed by atoms with Crippen LogP contribution in [0.25, 0.3) is 61.5 Å². The van der Waals surface area contributed by atoms with Gasteiger partial charge in [-0.15, -0.1) is 0 Å². The van der Waals surface area contributed by atoms with Gasteiger partial charge in [-0.3, -0.25) is 0 Å². The van der Waals surface area contributed by atoms with Crippen molar-refractivity contribution in [2.24, 2.45) is 0 Å². The van der Waals surface area contributed by atoms with E-state index in [1.54, 1.807) is 0 Å². The number of anilines is 1. The number of fused-ring (bicyclic) bond motifs is 9. The summed E-state index contributed by atoms with van der Waals surface area (Å²) in [6.07, 6.45) is 6.74. The molecule has 7 aromatic carbocycles. The van der Waals surface area contributed by atoms with Crippen LogP contribution in [-0.2, 0) is 11.0 Å². The predicted molar refractivity (Wildman–Crippen MR) is 248 cm³/mol. The standard InChI is InChI=1S/C54H45N3OS/c1-3-53(4-2)46-20-12-10-18-43(46)48-41-16-8-9-17-42(41)51-45(49(48)53)30-31-54(58-51,39-26-28-40(29-27-39)57-32-34-59-35-33-57)38-24-22-37(23-25-38)52-55-47-21-13-11-19-44(47)50(56-52)36-14-6-5-7-15-36/h5-31H,3-4,32-35H2,1-2H3. The number of nitrogens with zero attached hydrogens (tertiary/aromatic N) is 3. The fraction of sp³-hybridized carbons (Fsp3) is 0.185. The van der Waals surface area contributed by atoms with Gasteiger partial charge in [-0.25, -0.2) is 9.97 Å². The highest BCUT2D eigenvalue weighted by Crippen LogP contribution is 2.60. The third kappa shape index (κ3) is 5.58. The fourth-order valence-electron chi connectivity index (χ4n) is 10.2. The summed E-state index contributed by atoms with van der Waals surface area (Å²) in [5.41, 5.74) is 13.1. The number of ether oxygens (including phenoxy) is 1. The molecule has 8 aromatic rings. The van der Waals surface area contributed by atoms with Crippen molar-refractivity contribution in [2.45, 2.75) is 37.7 Å². The first kappa shape index (κ1) is 36.0. The molecule has 0 N–H and O–H groups in total. The number of rotatable bonds is 7. The van der Waals surface area contributed by atoms with Crippen molar-refractivity contribution < 1.29 is 4.74 Å². The van der Waals surface area contributed by atoms with Gasteiger partial charge in [0.25, 0.3) is 0 Å². The highest BCUT2D eigenvalue weighted by molar-refractivity contribution is 7.99. The van der Waals surface area contributed by atoms with Gasteiger partial charge in [0.2, 0.25) is 0 Å². The smallest absolute Gasteiger partial charge is 0.178 e. The van der Waals surface area contributed by atoms with Gasteiger partial charge in [-0.05, 0) is 64.8 Å². The molecule has 1 aromatic heterocycles. The maximum Gasteiger partial charge on any atom is 0.178 e. The Kier molecular flexibility index (Phi) is 8.70. The summed E-state index contributed by atoms with van der Waals surface area (Å²) in [6, 6.07) is 54.6. The third-order valence-electron chi connectivity index (χ3n) is 13.2. The Morgan fingerprint density at radius 1 is 0.627 bits per heavy atom. The molecule has 2 aliphatic heterocycles. The van der Waals surface area contributed by atoms with E-state index in [4.69, 9.17) is 14.7 Å². The first-order valence-corrected chi connectivity index (χ1v) is 22.2. The normalized spacial score (nSPS) is 17.7. The number of aromatic nitrogens is 2. The van der Waals surface area contributed by atoms with Crippen molar-refractivity contribution in [3.8, 4) is 39.5 Å².